The first-order valence-electron chi connectivity index (χ1n) is 10.6. The van der Waals surface area contributed by atoms with Gasteiger partial charge in [-0.3, -0.25) is 9.78 Å². The molecule has 3 heterocycles. The highest BCUT2D eigenvalue weighted by atomic mass is 19.4. The van der Waals surface area contributed by atoms with E-state index >= 15 is 0 Å². The first-order chi connectivity index (χ1) is 16.6. The number of nitrogens with zero attached hydrogens (tertiary/aromatic N) is 3. The Kier molecular flexibility index (Phi) is 7.93. The number of rotatable bonds is 6. The van der Waals surface area contributed by atoms with Crippen LogP contribution in [0.4, 0.5) is 24.7 Å². The average Bonchev–Trinajstić information content (AvgIpc) is 2.83. The second-order valence-electron chi connectivity index (χ2n) is 7.79. The molecule has 0 atom stereocenters. The number of alkyl halides is 3. The van der Waals surface area contributed by atoms with Crippen LogP contribution in [0.3, 0.4) is 0 Å². The number of nitrogens with two attached hydrogens (primary N) is 2. The van der Waals surface area contributed by atoms with Crippen molar-refractivity contribution in [2.75, 3.05) is 23.8 Å². The smallest absolute Gasteiger partial charge is 0.404 e. The summed E-state index contributed by atoms with van der Waals surface area (Å²) < 4.78 is 43.4. The zero-order chi connectivity index (χ0) is 25.6. The molecule has 1 aliphatic rings. The number of hydrogen-bond acceptors (Lipinski definition) is 8. The molecule has 6 N–H and O–H groups in total. The topological polar surface area (TPSA) is 152 Å². The molecular formula is C23H24F3N7O2. The monoisotopic (exact) mass is 487 g/mol. The van der Waals surface area contributed by atoms with Crippen LogP contribution in [0.25, 0.3) is 11.1 Å². The summed E-state index contributed by atoms with van der Waals surface area (Å²) in [6.45, 7) is 3.01. The van der Waals surface area contributed by atoms with Gasteiger partial charge in [0.1, 0.15) is 17.6 Å². The van der Waals surface area contributed by atoms with Crippen molar-refractivity contribution in [3.05, 3.63) is 59.3 Å². The molecule has 3 rings (SSSR count). The molecular weight excluding hydrogens is 463 g/mol. The Morgan fingerprint density at radius 2 is 1.97 bits per heavy atom. The quantitative estimate of drug-likeness (QED) is 0.358. The lowest BCUT2D eigenvalue weighted by Gasteiger charge is -2.24. The number of carbonyl (C=O) groups excluding carboxylic acids is 1. The Balaban J connectivity index is 1.84. The van der Waals surface area contributed by atoms with Crippen molar-refractivity contribution in [2.24, 2.45) is 11.5 Å². The maximum absolute atomic E-state index is 12.7. The first-order valence-corrected chi connectivity index (χ1v) is 10.6. The molecule has 1 fully saturated rings. The molecule has 0 saturated carbocycles. The van der Waals surface area contributed by atoms with E-state index in [1.165, 1.54) is 6.20 Å². The third-order valence-electron chi connectivity index (χ3n) is 5.31. The van der Waals surface area contributed by atoms with Crippen molar-refractivity contribution < 1.29 is 22.7 Å². The number of nitriles is 1. The number of aryl methyl sites for hydroxylation is 1. The van der Waals surface area contributed by atoms with Gasteiger partial charge in [0, 0.05) is 48.5 Å². The largest absolute Gasteiger partial charge is 0.430 e. The second kappa shape index (κ2) is 10.9. The van der Waals surface area contributed by atoms with E-state index in [0.717, 1.165) is 19.0 Å². The van der Waals surface area contributed by atoms with E-state index in [0.29, 0.717) is 47.5 Å². The van der Waals surface area contributed by atoms with Crippen LogP contribution in [0, 0.1) is 18.3 Å². The van der Waals surface area contributed by atoms with Gasteiger partial charge >= 0.3 is 6.18 Å². The normalized spacial score (nSPS) is 15.4. The van der Waals surface area contributed by atoms with Crippen molar-refractivity contribution in [2.45, 2.75) is 32.0 Å². The van der Waals surface area contributed by atoms with Gasteiger partial charge in [-0.25, -0.2) is 4.98 Å². The number of allylic oxidation sites excluding steroid dienone is 1. The van der Waals surface area contributed by atoms with E-state index in [1.54, 1.807) is 25.3 Å². The molecule has 1 aliphatic heterocycles. The standard InChI is InChI=1S/C23H24F3N7O2/c1-13-19(16-6-14(9-27)21(31-11-16)32-17-2-4-35-5-3-17)8-18(12-30-13)33-22(34)15(10-28)7-20(29)23(24,25)26/h6-8,10-12,17H,2-5,28-29H2,1H3,(H,31,32)(H,33,34)/b15-10+,20-7-. The first kappa shape index (κ1) is 25.5. The van der Waals surface area contributed by atoms with Gasteiger partial charge in [0.15, 0.2) is 0 Å². The Morgan fingerprint density at radius 1 is 1.26 bits per heavy atom. The summed E-state index contributed by atoms with van der Waals surface area (Å²) in [7, 11) is 0. The van der Waals surface area contributed by atoms with Crippen LogP contribution in [-0.4, -0.2) is 41.3 Å². The predicted octanol–water partition coefficient (Wildman–Crippen LogP) is 3.10. The number of pyridine rings is 2. The van der Waals surface area contributed by atoms with Gasteiger partial charge in [-0.05, 0) is 38.0 Å². The Morgan fingerprint density at radius 3 is 2.60 bits per heavy atom. The van der Waals surface area contributed by atoms with Gasteiger partial charge in [-0.2, -0.15) is 18.4 Å². The number of ether oxygens (including phenoxy) is 1. The average molecular weight is 487 g/mol. The summed E-state index contributed by atoms with van der Waals surface area (Å²) in [4.78, 5) is 21.1. The molecule has 1 saturated heterocycles. The lowest BCUT2D eigenvalue weighted by Crippen LogP contribution is -2.28. The van der Waals surface area contributed by atoms with Crippen LogP contribution >= 0.6 is 0 Å². The van der Waals surface area contributed by atoms with E-state index in [-0.39, 0.29) is 11.7 Å². The number of carbonyl (C=O) groups is 1. The van der Waals surface area contributed by atoms with Gasteiger partial charge in [-0.1, -0.05) is 0 Å². The van der Waals surface area contributed by atoms with E-state index in [4.69, 9.17) is 16.2 Å². The highest BCUT2D eigenvalue weighted by Crippen LogP contribution is 2.28. The fourth-order valence-electron chi connectivity index (χ4n) is 3.38. The number of anilines is 2. The van der Waals surface area contributed by atoms with Crippen molar-refractivity contribution in [3.8, 4) is 17.2 Å². The molecule has 2 aromatic heterocycles. The summed E-state index contributed by atoms with van der Waals surface area (Å²) in [5, 5.41) is 15.4. The minimum atomic E-state index is -4.80. The number of nitrogens with one attached hydrogen (secondary N) is 2. The molecule has 2 aromatic rings. The van der Waals surface area contributed by atoms with Gasteiger partial charge in [-0.15, -0.1) is 0 Å². The summed E-state index contributed by atoms with van der Waals surface area (Å²) in [5.74, 6) is -0.437. The van der Waals surface area contributed by atoms with Crippen molar-refractivity contribution in [1.29, 1.82) is 5.26 Å². The summed E-state index contributed by atoms with van der Waals surface area (Å²) in [6.07, 6.45) is 0.918. The number of aromatic nitrogens is 2. The number of amides is 1. The van der Waals surface area contributed by atoms with Gasteiger partial charge < -0.3 is 26.8 Å². The fourth-order valence-corrected chi connectivity index (χ4v) is 3.38. The van der Waals surface area contributed by atoms with Crippen LogP contribution < -0.4 is 22.1 Å². The molecule has 1 amide bonds. The second-order valence-corrected chi connectivity index (χ2v) is 7.79. The molecule has 0 spiro atoms. The van der Waals surface area contributed by atoms with E-state index in [9.17, 15) is 23.2 Å². The minimum absolute atomic E-state index is 0.154. The molecule has 0 aromatic carbocycles. The highest BCUT2D eigenvalue weighted by molar-refractivity contribution is 6.06. The maximum Gasteiger partial charge on any atom is 0.430 e. The van der Waals surface area contributed by atoms with Crippen molar-refractivity contribution in [1.82, 2.24) is 9.97 Å². The van der Waals surface area contributed by atoms with E-state index in [2.05, 4.69) is 26.7 Å². The molecule has 184 valence electrons. The summed E-state index contributed by atoms with van der Waals surface area (Å²) >= 11 is 0. The van der Waals surface area contributed by atoms with E-state index in [1.807, 2.05) is 0 Å². The molecule has 0 radical (unpaired) electrons. The lowest BCUT2D eigenvalue weighted by atomic mass is 10.0. The summed E-state index contributed by atoms with van der Waals surface area (Å²) in [6, 6.07) is 5.52. The van der Waals surface area contributed by atoms with E-state index < -0.39 is 23.4 Å². The van der Waals surface area contributed by atoms with Crippen LogP contribution in [0.2, 0.25) is 0 Å². The Hall–Kier alpha value is -4.11. The van der Waals surface area contributed by atoms with Gasteiger partial charge in [0.2, 0.25) is 0 Å². The maximum atomic E-state index is 12.7. The third kappa shape index (κ3) is 6.48. The Labute approximate surface area is 199 Å². The summed E-state index contributed by atoms with van der Waals surface area (Å²) in [5.41, 5.74) is 10.7. The Bertz CT molecular complexity index is 1200. The lowest BCUT2D eigenvalue weighted by molar-refractivity contribution is -0.112. The molecule has 12 heteroatoms. The number of halogens is 3. The molecule has 0 aliphatic carbocycles. The van der Waals surface area contributed by atoms with Gasteiger partial charge in [0.25, 0.3) is 5.91 Å². The van der Waals surface area contributed by atoms with Gasteiger partial charge in [0.05, 0.1) is 23.0 Å². The van der Waals surface area contributed by atoms with Crippen LogP contribution in [-0.2, 0) is 9.53 Å². The minimum Gasteiger partial charge on any atom is -0.404 e. The molecule has 9 nitrogen and oxygen atoms in total. The molecule has 0 unspecified atom stereocenters. The SMILES string of the molecule is Cc1ncc(NC(=O)C(/C=C(\N)C(F)(F)F)=C/N)cc1-c1cnc(NC2CCOCC2)c(C#N)c1. The van der Waals surface area contributed by atoms with Crippen LogP contribution in [0.5, 0.6) is 0 Å². The van der Waals surface area contributed by atoms with Crippen LogP contribution in [0.15, 0.2) is 48.1 Å². The predicted molar refractivity (Wildman–Crippen MR) is 124 cm³/mol. The third-order valence-corrected chi connectivity index (χ3v) is 5.31. The number of hydrogen-bond donors (Lipinski definition) is 4. The molecule has 0 bridgehead atoms. The molecule has 35 heavy (non-hydrogen) atoms. The highest BCUT2D eigenvalue weighted by Gasteiger charge is 2.32. The fraction of sp³-hybridized carbons (Fsp3) is 0.304. The van der Waals surface area contributed by atoms with Crippen molar-refractivity contribution in [3.63, 3.8) is 0 Å². The van der Waals surface area contributed by atoms with Crippen LogP contribution in [0.1, 0.15) is 24.1 Å². The zero-order valence-corrected chi connectivity index (χ0v) is 18.8. The zero-order valence-electron chi connectivity index (χ0n) is 18.8. The van der Waals surface area contributed by atoms with Crippen molar-refractivity contribution >= 4 is 17.4 Å².